The molecule has 1 heterocycles. The van der Waals surface area contributed by atoms with Crippen LogP contribution >= 0.6 is 0 Å². The van der Waals surface area contributed by atoms with Crippen molar-refractivity contribution in [3.8, 4) is 5.75 Å². The zero-order chi connectivity index (χ0) is 14.0. The Morgan fingerprint density at radius 3 is 2.68 bits per heavy atom. The second kappa shape index (κ2) is 5.05. The maximum atomic E-state index is 11.8. The lowest BCUT2D eigenvalue weighted by Gasteiger charge is -2.26. The third-order valence-electron chi connectivity index (χ3n) is 2.91. The van der Waals surface area contributed by atoms with Crippen LogP contribution in [-0.2, 0) is 14.6 Å². The molecule has 1 amide bonds. The maximum absolute atomic E-state index is 11.8. The smallest absolute Gasteiger partial charge is 0.224 e. The highest BCUT2D eigenvalue weighted by molar-refractivity contribution is 7.94. The summed E-state index contributed by atoms with van der Waals surface area (Å²) in [5.74, 6) is 0.331. The van der Waals surface area contributed by atoms with Gasteiger partial charge in [-0.25, -0.2) is 8.42 Å². The molecule has 1 aromatic rings. The fourth-order valence-electron chi connectivity index (χ4n) is 2.09. The number of rotatable bonds is 3. The molecule has 0 fully saturated rings. The Morgan fingerprint density at radius 1 is 1.42 bits per heavy atom. The van der Waals surface area contributed by atoms with Crippen molar-refractivity contribution in [3.05, 3.63) is 35.7 Å². The summed E-state index contributed by atoms with van der Waals surface area (Å²) >= 11 is 0. The van der Waals surface area contributed by atoms with Crippen LogP contribution in [-0.4, -0.2) is 33.2 Å². The van der Waals surface area contributed by atoms with E-state index in [1.165, 1.54) is 25.0 Å². The van der Waals surface area contributed by atoms with Gasteiger partial charge >= 0.3 is 0 Å². The Balaban J connectivity index is 2.36. The zero-order valence-electron chi connectivity index (χ0n) is 10.7. The largest absolute Gasteiger partial charge is 0.497 e. The quantitative estimate of drug-likeness (QED) is 0.839. The summed E-state index contributed by atoms with van der Waals surface area (Å²) in [5.41, 5.74) is 0.624. The lowest BCUT2D eigenvalue weighted by atomic mass is 10.2. The zero-order valence-corrected chi connectivity index (χ0v) is 11.6. The van der Waals surface area contributed by atoms with Gasteiger partial charge in [0.2, 0.25) is 5.91 Å². The van der Waals surface area contributed by atoms with E-state index in [0.29, 0.717) is 11.4 Å². The van der Waals surface area contributed by atoms with Gasteiger partial charge in [0.05, 0.1) is 18.9 Å². The molecule has 0 N–H and O–H groups in total. The first-order valence-electron chi connectivity index (χ1n) is 5.78. The minimum Gasteiger partial charge on any atom is -0.497 e. The molecule has 0 aliphatic carbocycles. The monoisotopic (exact) mass is 281 g/mol. The lowest BCUT2D eigenvalue weighted by molar-refractivity contribution is -0.116. The van der Waals surface area contributed by atoms with Gasteiger partial charge in [-0.1, -0.05) is 6.07 Å². The standard InChI is InChI=1S/C13H15NO4S/c1-10(15)14(12-6-7-19(16,17)9-12)11-4-3-5-13(8-11)18-2/h3-8,12H,9H2,1-2H3/t12-/m0/s1. The van der Waals surface area contributed by atoms with Gasteiger partial charge in [-0.3, -0.25) is 4.79 Å². The number of benzene rings is 1. The first kappa shape index (κ1) is 13.6. The van der Waals surface area contributed by atoms with Gasteiger partial charge in [-0.2, -0.15) is 0 Å². The molecule has 19 heavy (non-hydrogen) atoms. The molecule has 0 aromatic heterocycles. The molecule has 0 radical (unpaired) electrons. The van der Waals surface area contributed by atoms with Crippen molar-refractivity contribution in [2.45, 2.75) is 13.0 Å². The van der Waals surface area contributed by atoms with Crippen LogP contribution in [0.4, 0.5) is 5.69 Å². The summed E-state index contributed by atoms with van der Waals surface area (Å²) < 4.78 is 28.1. The fourth-order valence-corrected chi connectivity index (χ4v) is 3.36. The molecular weight excluding hydrogens is 266 g/mol. The van der Waals surface area contributed by atoms with Gasteiger partial charge in [0.1, 0.15) is 5.75 Å². The van der Waals surface area contributed by atoms with E-state index in [0.717, 1.165) is 5.41 Å². The van der Waals surface area contributed by atoms with Gasteiger partial charge < -0.3 is 9.64 Å². The van der Waals surface area contributed by atoms with Crippen LogP contribution in [0, 0.1) is 0 Å². The van der Waals surface area contributed by atoms with Crippen LogP contribution in [0.1, 0.15) is 6.92 Å². The molecule has 6 heteroatoms. The van der Waals surface area contributed by atoms with Gasteiger partial charge in [0.15, 0.2) is 9.84 Å². The lowest BCUT2D eigenvalue weighted by Crippen LogP contribution is -2.39. The van der Waals surface area contributed by atoms with Crippen molar-refractivity contribution >= 4 is 21.4 Å². The number of methoxy groups -OCH3 is 1. The molecule has 102 valence electrons. The average molecular weight is 281 g/mol. The average Bonchev–Trinajstić information content (AvgIpc) is 2.69. The molecule has 1 aromatic carbocycles. The molecule has 1 atom stereocenters. The van der Waals surface area contributed by atoms with Gasteiger partial charge in [0.25, 0.3) is 0 Å². The summed E-state index contributed by atoms with van der Waals surface area (Å²) in [4.78, 5) is 13.3. The molecule has 0 unspecified atom stereocenters. The number of carbonyl (C=O) groups excluding carboxylic acids is 1. The Kier molecular flexibility index (Phi) is 3.61. The molecular formula is C13H15NO4S. The third-order valence-corrected chi connectivity index (χ3v) is 4.29. The van der Waals surface area contributed by atoms with Crippen LogP contribution in [0.3, 0.4) is 0 Å². The van der Waals surface area contributed by atoms with Crippen LogP contribution in [0.2, 0.25) is 0 Å². The molecule has 0 spiro atoms. The summed E-state index contributed by atoms with van der Waals surface area (Å²) in [5, 5.41) is 1.16. The third kappa shape index (κ3) is 2.96. The predicted molar refractivity (Wildman–Crippen MR) is 72.9 cm³/mol. The van der Waals surface area contributed by atoms with Gasteiger partial charge in [-0.15, -0.1) is 0 Å². The molecule has 2 rings (SSSR count). The van der Waals surface area contributed by atoms with E-state index < -0.39 is 15.9 Å². The number of hydrogen-bond acceptors (Lipinski definition) is 4. The molecule has 1 aliphatic heterocycles. The molecule has 1 aliphatic rings. The first-order chi connectivity index (χ1) is 8.93. The van der Waals surface area contributed by atoms with Crippen molar-refractivity contribution in [3.63, 3.8) is 0 Å². The van der Waals surface area contributed by atoms with Crippen LogP contribution in [0.25, 0.3) is 0 Å². The predicted octanol–water partition coefficient (Wildman–Crippen LogP) is 1.36. The maximum Gasteiger partial charge on any atom is 0.224 e. The van der Waals surface area contributed by atoms with E-state index in [1.807, 2.05) is 0 Å². The number of ether oxygens (including phenoxy) is 1. The summed E-state index contributed by atoms with van der Waals surface area (Å²) in [6.07, 6.45) is 1.54. The normalized spacial score (nSPS) is 20.2. The second-order valence-corrected chi connectivity index (χ2v) is 6.25. The highest BCUT2D eigenvalue weighted by Gasteiger charge is 2.29. The first-order valence-corrected chi connectivity index (χ1v) is 7.49. The Bertz CT molecular complexity index is 621. The second-order valence-electron chi connectivity index (χ2n) is 4.32. The Hall–Kier alpha value is -1.82. The Labute approximate surface area is 112 Å². The summed E-state index contributed by atoms with van der Waals surface area (Å²) in [7, 11) is -1.66. The molecule has 5 nitrogen and oxygen atoms in total. The van der Waals surface area contributed by atoms with Crippen molar-refractivity contribution < 1.29 is 17.9 Å². The van der Waals surface area contributed by atoms with Crippen molar-refractivity contribution in [1.82, 2.24) is 0 Å². The van der Waals surface area contributed by atoms with Gasteiger partial charge in [0, 0.05) is 24.1 Å². The van der Waals surface area contributed by atoms with Crippen LogP contribution in [0.5, 0.6) is 5.75 Å². The number of hydrogen-bond donors (Lipinski definition) is 0. The van der Waals surface area contributed by atoms with Crippen LogP contribution in [0.15, 0.2) is 35.7 Å². The molecule has 0 saturated heterocycles. The van der Waals surface area contributed by atoms with E-state index in [9.17, 15) is 13.2 Å². The molecule has 0 bridgehead atoms. The van der Waals surface area contributed by atoms with Crippen LogP contribution < -0.4 is 9.64 Å². The minimum atomic E-state index is -3.20. The summed E-state index contributed by atoms with van der Waals surface area (Å²) in [6.45, 7) is 1.41. The number of carbonyl (C=O) groups is 1. The highest BCUT2D eigenvalue weighted by Crippen LogP contribution is 2.26. The van der Waals surface area contributed by atoms with E-state index in [4.69, 9.17) is 4.74 Å². The number of anilines is 1. The SMILES string of the molecule is COc1cccc(N(C(C)=O)[C@H]2C=CS(=O)(=O)C2)c1. The van der Waals surface area contributed by atoms with Gasteiger partial charge in [-0.05, 0) is 18.2 Å². The van der Waals surface area contributed by atoms with E-state index in [-0.39, 0.29) is 11.7 Å². The highest BCUT2D eigenvalue weighted by atomic mass is 32.2. The molecule has 0 saturated carbocycles. The van der Waals surface area contributed by atoms with E-state index >= 15 is 0 Å². The van der Waals surface area contributed by atoms with E-state index in [1.54, 1.807) is 24.3 Å². The van der Waals surface area contributed by atoms with Crippen molar-refractivity contribution in [2.75, 3.05) is 17.8 Å². The van der Waals surface area contributed by atoms with Crippen molar-refractivity contribution in [1.29, 1.82) is 0 Å². The summed E-state index contributed by atoms with van der Waals surface area (Å²) in [6, 6.07) is 6.53. The number of sulfone groups is 1. The number of nitrogens with zero attached hydrogens (tertiary/aromatic N) is 1. The minimum absolute atomic E-state index is 0.0796. The van der Waals surface area contributed by atoms with E-state index in [2.05, 4.69) is 0 Å². The van der Waals surface area contributed by atoms with Crippen molar-refractivity contribution in [2.24, 2.45) is 0 Å². The topological polar surface area (TPSA) is 63.7 Å². The Morgan fingerprint density at radius 2 is 2.16 bits per heavy atom. The fraction of sp³-hybridized carbons (Fsp3) is 0.308. The number of amides is 1.